The standard InChI is InChI=1S/C24H18N3/c1-3-7-23-20(5-1)22(21-6-2-4-8-24(21)26-23)17-27-15-11-19(12-16-27)18-9-13-25-14-10-18/h1-16H,17H2/q+1/p+1. The van der Waals surface area contributed by atoms with E-state index in [-0.39, 0.29) is 0 Å². The third-order valence-corrected chi connectivity index (χ3v) is 4.98. The van der Waals surface area contributed by atoms with Crippen molar-refractivity contribution in [3.8, 4) is 11.1 Å². The molecule has 0 aliphatic heterocycles. The second kappa shape index (κ2) is 6.61. The predicted octanol–water partition coefficient (Wildman–Crippen LogP) is 4.20. The number of aromatic amines is 1. The van der Waals surface area contributed by atoms with Gasteiger partial charge in [-0.3, -0.25) is 0 Å². The van der Waals surface area contributed by atoms with Gasteiger partial charge in [0, 0.05) is 40.6 Å². The monoisotopic (exact) mass is 349 g/mol. The first kappa shape index (κ1) is 15.6. The molecule has 5 aromatic rings. The largest absolute Gasteiger partial charge is 0.248 e. The lowest BCUT2D eigenvalue weighted by Gasteiger charge is -2.09. The molecule has 0 saturated heterocycles. The lowest BCUT2D eigenvalue weighted by Crippen LogP contribution is -2.33. The summed E-state index contributed by atoms with van der Waals surface area (Å²) in [5, 5.41) is 2.43. The molecule has 27 heavy (non-hydrogen) atoms. The molecule has 3 aromatic heterocycles. The van der Waals surface area contributed by atoms with Crippen LogP contribution in [0.25, 0.3) is 32.9 Å². The van der Waals surface area contributed by atoms with Gasteiger partial charge in [0.25, 0.3) is 0 Å². The van der Waals surface area contributed by atoms with Crippen molar-refractivity contribution >= 4 is 21.8 Å². The second-order valence-electron chi connectivity index (χ2n) is 6.67. The molecule has 0 unspecified atom stereocenters. The van der Waals surface area contributed by atoms with Crippen LogP contribution in [0.4, 0.5) is 0 Å². The van der Waals surface area contributed by atoms with Gasteiger partial charge in [0.1, 0.15) is 0 Å². The summed E-state index contributed by atoms with van der Waals surface area (Å²) in [5.41, 5.74) is 5.82. The van der Waals surface area contributed by atoms with Gasteiger partial charge in [0.05, 0.1) is 11.0 Å². The fourth-order valence-electron chi connectivity index (χ4n) is 3.61. The SMILES string of the molecule is c1ccc2c(C[n+]3ccc(-c4cc[nH+]cc4)cc3)c3ccccc3nc2c1. The molecule has 0 radical (unpaired) electrons. The van der Waals surface area contributed by atoms with E-state index in [1.807, 2.05) is 24.5 Å². The number of nitrogens with one attached hydrogen (secondary N) is 1. The van der Waals surface area contributed by atoms with Crippen LogP contribution in [0.2, 0.25) is 0 Å². The van der Waals surface area contributed by atoms with E-state index in [0.29, 0.717) is 0 Å². The maximum absolute atomic E-state index is 4.82. The van der Waals surface area contributed by atoms with Crippen molar-refractivity contribution in [3.05, 3.63) is 103 Å². The minimum atomic E-state index is 0.812. The molecule has 0 spiro atoms. The van der Waals surface area contributed by atoms with Crippen molar-refractivity contribution in [2.75, 3.05) is 0 Å². The van der Waals surface area contributed by atoms with Gasteiger partial charge >= 0.3 is 0 Å². The van der Waals surface area contributed by atoms with Crippen LogP contribution < -0.4 is 9.55 Å². The topological polar surface area (TPSA) is 30.9 Å². The van der Waals surface area contributed by atoms with E-state index in [9.17, 15) is 0 Å². The highest BCUT2D eigenvalue weighted by Crippen LogP contribution is 2.25. The van der Waals surface area contributed by atoms with Crippen molar-refractivity contribution in [1.29, 1.82) is 0 Å². The number of hydrogen-bond acceptors (Lipinski definition) is 1. The normalized spacial score (nSPS) is 11.1. The zero-order valence-electron chi connectivity index (χ0n) is 14.8. The molecule has 1 N–H and O–H groups in total. The first-order valence-electron chi connectivity index (χ1n) is 9.10. The summed E-state index contributed by atoms with van der Waals surface area (Å²) in [5.74, 6) is 0. The molecule has 2 aromatic carbocycles. The first-order valence-corrected chi connectivity index (χ1v) is 9.10. The lowest BCUT2D eigenvalue weighted by molar-refractivity contribution is -0.687. The van der Waals surface area contributed by atoms with Crippen LogP contribution in [-0.2, 0) is 6.54 Å². The van der Waals surface area contributed by atoms with Gasteiger partial charge in [-0.05, 0) is 23.3 Å². The Bertz CT molecular complexity index is 1180. The average Bonchev–Trinajstić information content (AvgIpc) is 2.75. The van der Waals surface area contributed by atoms with Crippen LogP contribution in [0.5, 0.6) is 0 Å². The molecule has 0 atom stereocenters. The Labute approximate surface area is 157 Å². The van der Waals surface area contributed by atoms with Crippen molar-refractivity contribution in [2.24, 2.45) is 0 Å². The Morgan fingerprint density at radius 3 is 1.85 bits per heavy atom. The van der Waals surface area contributed by atoms with Gasteiger partial charge in [-0.1, -0.05) is 36.4 Å². The van der Waals surface area contributed by atoms with E-state index >= 15 is 0 Å². The molecule has 128 valence electrons. The van der Waals surface area contributed by atoms with E-state index in [0.717, 1.165) is 17.6 Å². The number of nitrogens with zero attached hydrogens (tertiary/aromatic N) is 2. The Kier molecular flexibility index (Phi) is 3.83. The van der Waals surface area contributed by atoms with Crippen molar-refractivity contribution in [2.45, 2.75) is 6.54 Å². The summed E-state index contributed by atoms with van der Waals surface area (Å²) < 4.78 is 2.23. The molecule has 0 aliphatic carbocycles. The molecular weight excluding hydrogens is 330 g/mol. The van der Waals surface area contributed by atoms with Crippen LogP contribution in [0.1, 0.15) is 5.56 Å². The van der Waals surface area contributed by atoms with Gasteiger partial charge in [-0.15, -0.1) is 0 Å². The predicted molar refractivity (Wildman–Crippen MR) is 107 cm³/mol. The number of pyridine rings is 3. The number of hydrogen-bond donors (Lipinski definition) is 0. The number of fused-ring (bicyclic) bond motifs is 2. The molecule has 0 amide bonds. The van der Waals surface area contributed by atoms with E-state index in [1.54, 1.807) is 0 Å². The second-order valence-corrected chi connectivity index (χ2v) is 6.67. The molecule has 3 heteroatoms. The molecule has 3 heterocycles. The zero-order valence-corrected chi connectivity index (χ0v) is 14.8. The number of rotatable bonds is 3. The molecular formula is C24H19N3+2. The minimum Gasteiger partial charge on any atom is -0.248 e. The first-order chi connectivity index (χ1) is 13.4. The molecule has 0 saturated carbocycles. The highest BCUT2D eigenvalue weighted by molar-refractivity contribution is 5.97. The number of aromatic nitrogens is 3. The Morgan fingerprint density at radius 2 is 1.22 bits per heavy atom. The highest BCUT2D eigenvalue weighted by atomic mass is 14.9. The van der Waals surface area contributed by atoms with Crippen molar-refractivity contribution < 1.29 is 9.55 Å². The summed E-state index contributed by atoms with van der Waals surface area (Å²) in [7, 11) is 0. The molecule has 0 fully saturated rings. The van der Waals surface area contributed by atoms with E-state index in [4.69, 9.17) is 4.98 Å². The smallest absolute Gasteiger partial charge is 0.175 e. The van der Waals surface area contributed by atoms with Gasteiger partial charge in [0.2, 0.25) is 0 Å². The number of para-hydroxylation sites is 2. The summed E-state index contributed by atoms with van der Waals surface area (Å²) >= 11 is 0. The molecule has 0 bridgehead atoms. The minimum absolute atomic E-state index is 0.812. The molecule has 3 nitrogen and oxygen atoms in total. The molecule has 0 aliphatic rings. The fraction of sp³-hybridized carbons (Fsp3) is 0.0417. The lowest BCUT2D eigenvalue weighted by atomic mass is 10.0. The van der Waals surface area contributed by atoms with E-state index < -0.39 is 0 Å². The van der Waals surface area contributed by atoms with Crippen molar-refractivity contribution in [3.63, 3.8) is 0 Å². The summed E-state index contributed by atoms with van der Waals surface area (Å²) in [4.78, 5) is 7.89. The summed E-state index contributed by atoms with van der Waals surface area (Å²) in [6.07, 6.45) is 8.20. The van der Waals surface area contributed by atoms with E-state index in [2.05, 4.69) is 82.6 Å². The van der Waals surface area contributed by atoms with Gasteiger partial charge < -0.3 is 0 Å². The van der Waals surface area contributed by atoms with Crippen LogP contribution in [0.15, 0.2) is 97.6 Å². The maximum atomic E-state index is 4.82. The summed E-state index contributed by atoms with van der Waals surface area (Å²) in [6.45, 7) is 0.812. The third kappa shape index (κ3) is 2.93. The van der Waals surface area contributed by atoms with Crippen LogP contribution in [0.3, 0.4) is 0 Å². The molecule has 5 rings (SSSR count). The van der Waals surface area contributed by atoms with Crippen LogP contribution in [-0.4, -0.2) is 4.98 Å². The number of benzene rings is 2. The van der Waals surface area contributed by atoms with Crippen LogP contribution in [0, 0.1) is 0 Å². The van der Waals surface area contributed by atoms with Gasteiger partial charge in [-0.2, -0.15) is 0 Å². The maximum Gasteiger partial charge on any atom is 0.175 e. The van der Waals surface area contributed by atoms with Crippen molar-refractivity contribution in [1.82, 2.24) is 4.98 Å². The number of H-pyrrole nitrogens is 1. The van der Waals surface area contributed by atoms with Crippen LogP contribution >= 0.6 is 0 Å². The van der Waals surface area contributed by atoms with E-state index in [1.165, 1.54) is 27.5 Å². The highest BCUT2D eigenvalue weighted by Gasteiger charge is 2.13. The van der Waals surface area contributed by atoms with Gasteiger partial charge in [-0.25, -0.2) is 14.5 Å². The average molecular weight is 349 g/mol. The zero-order chi connectivity index (χ0) is 18.1. The Morgan fingerprint density at radius 1 is 0.667 bits per heavy atom. The third-order valence-electron chi connectivity index (χ3n) is 4.98. The summed E-state index contributed by atoms with van der Waals surface area (Å²) in [6, 6.07) is 25.3. The van der Waals surface area contributed by atoms with Gasteiger partial charge in [0.15, 0.2) is 31.3 Å². The fourth-order valence-corrected chi connectivity index (χ4v) is 3.61. The Balaban J connectivity index is 1.59. The quantitative estimate of drug-likeness (QED) is 0.355. The Hall–Kier alpha value is -3.59.